The van der Waals surface area contributed by atoms with Crippen molar-refractivity contribution in [1.29, 1.82) is 0 Å². The molecule has 8 aromatic carbocycles. The normalized spacial score (nSPS) is 14.4. The van der Waals surface area contributed by atoms with Gasteiger partial charge >= 0.3 is 35.7 Å². The van der Waals surface area contributed by atoms with Crippen molar-refractivity contribution in [3.63, 3.8) is 0 Å². The molecule has 0 unspecified atom stereocenters. The number of anilines is 10. The fourth-order valence-electron chi connectivity index (χ4n) is 12.7. The van der Waals surface area contributed by atoms with E-state index in [-0.39, 0.29) is 33.6 Å². The molecule has 14 rings (SSSR count). The summed E-state index contributed by atoms with van der Waals surface area (Å²) in [5, 5.41) is 16.4. The Morgan fingerprint density at radius 1 is 0.317 bits per heavy atom. The van der Waals surface area contributed by atoms with Crippen molar-refractivity contribution in [3.8, 4) is 23.0 Å². The average molecular weight is 1920 g/mol. The maximum atomic E-state index is 14.2. The highest BCUT2D eigenvalue weighted by atomic mass is 32.3. The molecule has 126 heavy (non-hydrogen) atoms. The number of nitrogens with one attached hydrogen (secondary N) is 6. The minimum Gasteiger partial charge on any atom is -0.744 e. The van der Waals surface area contributed by atoms with E-state index in [1.54, 1.807) is 0 Å². The number of carbonyl (C=O) groups excluding carboxylic acids is 2. The van der Waals surface area contributed by atoms with E-state index < -0.39 is 264 Å². The van der Waals surface area contributed by atoms with Gasteiger partial charge in [0.1, 0.15) is 59.4 Å². The Morgan fingerprint density at radius 3 is 0.937 bits per heavy atom. The number of benzene rings is 8. The number of Topliss-reactive ketones (excluding diaryl/α,β-unsaturated/α-hetero) is 2. The Balaban J connectivity index is 0.777. The van der Waals surface area contributed by atoms with Crippen LogP contribution in [0.5, 0.6) is 0 Å². The molecular formula is C68H46N16O32S10. The molecule has 0 radical (unpaired) electrons. The Bertz CT molecular complexity index is 7800. The number of hydrogen-bond donors (Lipinski definition) is 14. The molecule has 0 bridgehead atoms. The number of allylic oxidation sites excluding steroid dienone is 2. The van der Waals surface area contributed by atoms with Crippen LogP contribution < -0.4 is 41.3 Å². The van der Waals surface area contributed by atoms with E-state index in [1.165, 1.54) is 0 Å². The van der Waals surface area contributed by atoms with E-state index in [0.29, 0.717) is 12.1 Å². The quantitative estimate of drug-likeness (QED) is 0.0211. The van der Waals surface area contributed by atoms with Gasteiger partial charge in [0.2, 0.25) is 11.6 Å². The highest BCUT2D eigenvalue weighted by Crippen LogP contribution is 2.41. The third-order valence-corrected chi connectivity index (χ3v) is 26.8. The average Bonchev–Trinajstić information content (AvgIpc) is 0.760. The van der Waals surface area contributed by atoms with Gasteiger partial charge in [-0.3, -0.25) is 56.9 Å². The van der Waals surface area contributed by atoms with Crippen LogP contribution in [0.15, 0.2) is 242 Å². The molecule has 4 aromatic heterocycles. The Labute approximate surface area is 708 Å². The third kappa shape index (κ3) is 18.7. The van der Waals surface area contributed by atoms with Gasteiger partial charge in [0, 0.05) is 66.5 Å². The van der Waals surface area contributed by atoms with Crippen LogP contribution in [-0.2, 0) is 101 Å². The van der Waals surface area contributed by atoms with Gasteiger partial charge in [-0.1, -0.05) is 48.5 Å². The molecular weight excluding hydrogens is 1870 g/mol. The summed E-state index contributed by atoms with van der Waals surface area (Å²) in [6.07, 6.45) is 5.25. The highest BCUT2D eigenvalue weighted by molar-refractivity contribution is 7.92. The van der Waals surface area contributed by atoms with E-state index in [0.717, 1.165) is 192 Å². The SMILES string of the molecule is O=C1/C(=N\Nc2ccc3c(S(=O)(=O)O)cccc3c2S(=O)(=O)O)C(S(=O)(=O)O)=Cc2cc(Nc3nc(Nc4ccc(-c5ccc(Nc6nc(Nc7ccc8c(c7)C=C(S(=O)(=O)O)/C(=N/Nc7ccc9c(S(=O)(=O)O)cccc9c7S(=O)(=O)O)C8=O)nc(-[n+]7cccc(S(=O)(=O)[O-])c7)n6)cc5S(=O)(=O)O)c(S(=O)(=O)O)c4)nc(-[n+]4cccc(S(=O)(=O)[O-])c4)n3)ccc21. The minimum absolute atomic E-state index is 0.148. The second kappa shape index (κ2) is 32.0. The zero-order valence-corrected chi connectivity index (χ0v) is 69.6. The van der Waals surface area contributed by atoms with Crippen LogP contribution in [0, 0.1) is 0 Å². The van der Waals surface area contributed by atoms with Crippen molar-refractivity contribution >= 4 is 216 Å². The summed E-state index contributed by atoms with van der Waals surface area (Å²) in [6, 6.07) is 25.3. The maximum absolute atomic E-state index is 14.2. The Kier molecular flexibility index (Phi) is 22.6. The third-order valence-electron chi connectivity index (χ3n) is 17.9. The van der Waals surface area contributed by atoms with Gasteiger partial charge in [-0.05, 0) is 152 Å². The molecule has 0 saturated heterocycles. The van der Waals surface area contributed by atoms with Crippen LogP contribution in [0.2, 0.25) is 0 Å². The summed E-state index contributed by atoms with van der Waals surface area (Å²) in [5.74, 6) is -6.01. The van der Waals surface area contributed by atoms with E-state index in [9.17, 15) is 139 Å². The smallest absolute Gasteiger partial charge is 0.444 e. The van der Waals surface area contributed by atoms with Crippen molar-refractivity contribution in [2.75, 3.05) is 32.1 Å². The molecule has 0 fully saturated rings. The van der Waals surface area contributed by atoms with E-state index in [2.05, 4.69) is 72.2 Å². The first-order valence-electron chi connectivity index (χ1n) is 33.8. The summed E-state index contributed by atoms with van der Waals surface area (Å²) in [7, 11) is -53.3. The number of carbonyl (C=O) groups is 2. The fourth-order valence-corrected chi connectivity index (χ4v) is 19.5. The number of hydrogen-bond acceptors (Lipinski definition) is 38. The zero-order valence-electron chi connectivity index (χ0n) is 61.4. The van der Waals surface area contributed by atoms with Crippen molar-refractivity contribution in [3.05, 3.63) is 215 Å². The molecule has 58 heteroatoms. The van der Waals surface area contributed by atoms with Crippen LogP contribution in [0.1, 0.15) is 31.8 Å². The highest BCUT2D eigenvalue weighted by Gasteiger charge is 2.38. The monoisotopic (exact) mass is 1920 g/mol. The number of fused-ring (bicyclic) bond motifs is 4. The first-order chi connectivity index (χ1) is 58.5. The first-order valence-corrected chi connectivity index (χ1v) is 48.1. The van der Waals surface area contributed by atoms with Gasteiger partial charge in [-0.2, -0.15) is 77.5 Å². The molecule has 0 saturated carbocycles. The molecule has 0 amide bonds. The number of pyridine rings is 2. The minimum atomic E-state index is -5.56. The number of nitrogens with zero attached hydrogens (tertiary/aromatic N) is 10. The molecule has 0 aliphatic heterocycles. The number of hydrazone groups is 2. The number of rotatable bonds is 25. The lowest BCUT2D eigenvalue weighted by Gasteiger charge is -2.18. The first kappa shape index (κ1) is 89.0. The van der Waals surface area contributed by atoms with Crippen molar-refractivity contribution in [1.82, 2.24) is 29.9 Å². The molecule has 48 nitrogen and oxygen atoms in total. The topological polar surface area (TPSA) is 766 Å². The summed E-state index contributed by atoms with van der Waals surface area (Å²) in [4.78, 5) is 43.8. The lowest BCUT2D eigenvalue weighted by Crippen LogP contribution is -2.34. The van der Waals surface area contributed by atoms with Crippen LogP contribution in [0.3, 0.4) is 0 Å². The van der Waals surface area contributed by atoms with Gasteiger partial charge < -0.3 is 30.4 Å². The van der Waals surface area contributed by atoms with Gasteiger partial charge in [0.15, 0.2) is 11.4 Å². The Hall–Kier alpha value is -13.3. The lowest BCUT2D eigenvalue weighted by atomic mass is 9.94. The number of ketones is 2. The van der Waals surface area contributed by atoms with Crippen LogP contribution in [-0.4, -0.2) is 183 Å². The summed E-state index contributed by atoms with van der Waals surface area (Å²) in [5.41, 5.74) is -3.01. The van der Waals surface area contributed by atoms with Gasteiger partial charge in [-0.25, -0.2) is 26.0 Å². The Morgan fingerprint density at radius 2 is 0.635 bits per heavy atom. The molecule has 4 heterocycles. The largest absolute Gasteiger partial charge is 0.744 e. The van der Waals surface area contributed by atoms with E-state index in [4.69, 9.17) is 0 Å². The molecule has 0 spiro atoms. The van der Waals surface area contributed by atoms with E-state index in [1.807, 2.05) is 0 Å². The maximum Gasteiger partial charge on any atom is 0.444 e. The summed E-state index contributed by atoms with van der Waals surface area (Å²) >= 11 is 0. The van der Waals surface area contributed by atoms with Crippen LogP contribution in [0.25, 0.3) is 56.7 Å². The van der Waals surface area contributed by atoms with Gasteiger partial charge in [0.25, 0.3) is 80.9 Å². The summed E-state index contributed by atoms with van der Waals surface area (Å²) in [6.45, 7) is 0. The second-order valence-electron chi connectivity index (χ2n) is 26.1. The molecule has 2 aliphatic rings. The van der Waals surface area contributed by atoms with Crippen molar-refractivity contribution < 1.29 is 148 Å². The molecule has 14 N–H and O–H groups in total. The molecule has 650 valence electrons. The summed E-state index contributed by atoms with van der Waals surface area (Å²) < 4.78 is 364. The molecule has 0 atom stereocenters. The van der Waals surface area contributed by atoms with Gasteiger partial charge in [-0.15, -0.1) is 9.97 Å². The predicted molar refractivity (Wildman–Crippen MR) is 433 cm³/mol. The molecule has 2 aliphatic carbocycles. The van der Waals surface area contributed by atoms with E-state index >= 15 is 0 Å². The van der Waals surface area contributed by atoms with Crippen molar-refractivity contribution in [2.45, 2.75) is 39.2 Å². The van der Waals surface area contributed by atoms with Crippen molar-refractivity contribution in [2.24, 2.45) is 10.2 Å². The zero-order chi connectivity index (χ0) is 91.5. The fraction of sp³-hybridized carbons (Fsp3) is 0. The standard InChI is InChI=1S/C68H46N16O32S10/c85-59-41-15-11-35(25-33(41)27-55(123(105,106)107)57(59)81-79-49-21-19-45-47(61(49)125(111,112)113)7-1-9-51(45)119(93,94)95)69-63-73-65(77-67(75-63)83-23-3-5-39(31-83)117(87,88)89)71-37-13-17-43(53(29-37)121(99,100)101)44-18-14-38(30-54(44)122(102,103)104)72-66-74-64(76-68(78-66)84-24-4-6-40(32-84)118(90,91)92)70-36-12-16-42-34(26-36)28-56(124(108,109)110)58(60(42)86)82-80-50-22-20-46-48(62(50)126(114,115)116)8-2-10-52(46)120(96,97)98/h1-32H,(H14-2,69,70,71,72,73,74,75,76,77,78,79,80,81,82,85,86,87,88,89,90,91,92,93,94,95,96,97,98,99,100,101,102,103,104,105,106,107,108,109,110,111,112,113,114,115,116). The van der Waals surface area contributed by atoms with Crippen LogP contribution in [0.4, 0.5) is 57.9 Å². The van der Waals surface area contributed by atoms with Gasteiger partial charge in [0.05, 0.1) is 46.0 Å². The predicted octanol–water partition coefficient (Wildman–Crippen LogP) is 4.63. The molecule has 12 aromatic rings. The second-order valence-corrected chi connectivity index (χ2v) is 39.9. The lowest BCUT2D eigenvalue weighted by molar-refractivity contribution is -0.606. The van der Waals surface area contributed by atoms with Crippen LogP contribution >= 0.6 is 0 Å². The number of aromatic nitrogens is 8.